The lowest BCUT2D eigenvalue weighted by Crippen LogP contribution is -2.42. The number of pyridine rings is 1. The predicted molar refractivity (Wildman–Crippen MR) is 105 cm³/mol. The number of hydrogen-bond donors (Lipinski definition) is 0. The van der Waals surface area contributed by atoms with Crippen molar-refractivity contribution >= 4 is 5.95 Å². The monoisotopic (exact) mass is 373 g/mol. The molecule has 2 aromatic heterocycles. The van der Waals surface area contributed by atoms with E-state index in [2.05, 4.69) is 11.1 Å². The van der Waals surface area contributed by atoms with Crippen molar-refractivity contribution in [1.82, 2.24) is 14.5 Å². The summed E-state index contributed by atoms with van der Waals surface area (Å²) in [4.78, 5) is 23.3. The maximum atomic E-state index is 12.5. The van der Waals surface area contributed by atoms with Crippen LogP contribution in [0.25, 0.3) is 11.3 Å². The van der Waals surface area contributed by atoms with Gasteiger partial charge in [-0.25, -0.2) is 4.98 Å². The molecule has 1 unspecified atom stereocenters. The molecule has 0 spiro atoms. The molecular weight excluding hydrogens is 354 g/mol. The Morgan fingerprint density at radius 1 is 1.21 bits per heavy atom. The molecule has 0 radical (unpaired) electrons. The number of anilines is 1. The van der Waals surface area contributed by atoms with Crippen LogP contribution in [0.5, 0.6) is 0 Å². The van der Waals surface area contributed by atoms with Crippen molar-refractivity contribution < 1.29 is 4.74 Å². The Bertz CT molecular complexity index is 1090. The normalized spacial score (nSPS) is 16.6. The number of ether oxygens (including phenoxy) is 1. The number of morpholine rings is 1. The van der Waals surface area contributed by atoms with Gasteiger partial charge in [0.15, 0.2) is 0 Å². The molecule has 0 bridgehead atoms. The number of nitriles is 1. The summed E-state index contributed by atoms with van der Waals surface area (Å²) in [6, 6.07) is 14.8. The molecule has 3 aromatic rings. The summed E-state index contributed by atoms with van der Waals surface area (Å²) in [6.07, 6.45) is 3.10. The van der Waals surface area contributed by atoms with Crippen molar-refractivity contribution in [1.29, 1.82) is 5.26 Å². The van der Waals surface area contributed by atoms with Crippen LogP contribution < -0.4 is 10.5 Å². The van der Waals surface area contributed by atoms with Crippen LogP contribution in [0.15, 0.2) is 59.7 Å². The van der Waals surface area contributed by atoms with Gasteiger partial charge in [-0.3, -0.25) is 14.3 Å². The fourth-order valence-corrected chi connectivity index (χ4v) is 3.38. The van der Waals surface area contributed by atoms with E-state index in [1.807, 2.05) is 35.2 Å². The van der Waals surface area contributed by atoms with Crippen molar-refractivity contribution in [3.05, 3.63) is 76.3 Å². The number of aromatic nitrogens is 3. The first-order chi connectivity index (χ1) is 13.7. The van der Waals surface area contributed by atoms with E-state index in [1.165, 1.54) is 6.07 Å². The zero-order chi connectivity index (χ0) is 19.5. The predicted octanol–water partition coefficient (Wildman–Crippen LogP) is 2.29. The molecule has 1 aliphatic rings. The second kappa shape index (κ2) is 7.62. The molecular formula is C21H19N5O2. The summed E-state index contributed by atoms with van der Waals surface area (Å²) >= 11 is 0. The van der Waals surface area contributed by atoms with Crippen molar-refractivity contribution in [3.63, 3.8) is 0 Å². The molecule has 0 N–H and O–H groups in total. The third-order valence-corrected chi connectivity index (χ3v) is 4.86. The first-order valence-corrected chi connectivity index (χ1v) is 9.01. The van der Waals surface area contributed by atoms with Gasteiger partial charge in [-0.05, 0) is 18.2 Å². The second-order valence-electron chi connectivity index (χ2n) is 6.58. The SMILES string of the molecule is Cn1c(N2CCOC(c3ccccc3C#N)C2)nc(-c2ccncc2)cc1=O. The van der Waals surface area contributed by atoms with E-state index < -0.39 is 0 Å². The van der Waals surface area contributed by atoms with Crippen molar-refractivity contribution in [2.45, 2.75) is 6.10 Å². The maximum Gasteiger partial charge on any atom is 0.255 e. The molecule has 1 saturated heterocycles. The van der Waals surface area contributed by atoms with Crippen LogP contribution >= 0.6 is 0 Å². The molecule has 1 fully saturated rings. The minimum Gasteiger partial charge on any atom is -0.370 e. The molecule has 7 nitrogen and oxygen atoms in total. The van der Waals surface area contributed by atoms with Gasteiger partial charge in [-0.1, -0.05) is 18.2 Å². The number of rotatable bonds is 3. The Labute approximate surface area is 162 Å². The summed E-state index contributed by atoms with van der Waals surface area (Å²) in [5.41, 5.74) is 2.78. The van der Waals surface area contributed by atoms with Crippen LogP contribution in [0.3, 0.4) is 0 Å². The van der Waals surface area contributed by atoms with Gasteiger partial charge in [0.05, 0.1) is 30.5 Å². The first kappa shape index (κ1) is 17.9. The van der Waals surface area contributed by atoms with Crippen molar-refractivity contribution in [2.75, 3.05) is 24.6 Å². The average Bonchev–Trinajstić information content (AvgIpc) is 2.76. The van der Waals surface area contributed by atoms with Crippen LogP contribution in [-0.4, -0.2) is 34.2 Å². The molecule has 0 aliphatic carbocycles. The highest BCUT2D eigenvalue weighted by atomic mass is 16.5. The lowest BCUT2D eigenvalue weighted by Gasteiger charge is -2.34. The molecule has 7 heteroatoms. The number of benzene rings is 1. The minimum absolute atomic E-state index is 0.128. The molecule has 0 amide bonds. The van der Waals surface area contributed by atoms with Gasteiger partial charge in [0.1, 0.15) is 6.10 Å². The highest BCUT2D eigenvalue weighted by Crippen LogP contribution is 2.27. The Morgan fingerprint density at radius 3 is 2.79 bits per heavy atom. The van der Waals surface area contributed by atoms with Gasteiger partial charge in [-0.2, -0.15) is 5.26 Å². The Kier molecular flexibility index (Phi) is 4.87. The van der Waals surface area contributed by atoms with E-state index in [-0.39, 0.29) is 11.7 Å². The van der Waals surface area contributed by atoms with E-state index in [4.69, 9.17) is 9.72 Å². The molecule has 1 atom stereocenters. The van der Waals surface area contributed by atoms with Crippen LogP contribution in [0, 0.1) is 11.3 Å². The van der Waals surface area contributed by atoms with Gasteiger partial charge >= 0.3 is 0 Å². The molecule has 3 heterocycles. The Balaban J connectivity index is 1.70. The van der Waals surface area contributed by atoms with E-state index >= 15 is 0 Å². The number of hydrogen-bond acceptors (Lipinski definition) is 6. The van der Waals surface area contributed by atoms with Gasteiger partial charge in [0.2, 0.25) is 5.95 Å². The second-order valence-corrected chi connectivity index (χ2v) is 6.58. The average molecular weight is 373 g/mol. The smallest absolute Gasteiger partial charge is 0.255 e. The minimum atomic E-state index is -0.258. The standard InChI is InChI=1S/C21H19N5O2/c1-25-20(27)12-18(15-6-8-23-9-7-15)24-21(25)26-10-11-28-19(14-26)17-5-3-2-4-16(17)13-22/h2-9,12,19H,10-11,14H2,1H3. The highest BCUT2D eigenvalue weighted by molar-refractivity contribution is 5.59. The van der Waals surface area contributed by atoms with E-state index in [0.29, 0.717) is 36.9 Å². The third kappa shape index (κ3) is 3.38. The van der Waals surface area contributed by atoms with E-state index in [1.54, 1.807) is 30.1 Å². The van der Waals surface area contributed by atoms with Gasteiger partial charge in [0, 0.05) is 43.2 Å². The van der Waals surface area contributed by atoms with E-state index in [9.17, 15) is 10.1 Å². The van der Waals surface area contributed by atoms with Crippen molar-refractivity contribution in [3.8, 4) is 17.3 Å². The quantitative estimate of drug-likeness (QED) is 0.700. The van der Waals surface area contributed by atoms with Crippen molar-refractivity contribution in [2.24, 2.45) is 7.05 Å². The van der Waals surface area contributed by atoms with Crippen LogP contribution in [0.2, 0.25) is 0 Å². The topological polar surface area (TPSA) is 84.0 Å². The zero-order valence-electron chi connectivity index (χ0n) is 15.4. The lowest BCUT2D eigenvalue weighted by molar-refractivity contribution is 0.0388. The third-order valence-electron chi connectivity index (χ3n) is 4.86. The summed E-state index contributed by atoms with van der Waals surface area (Å²) in [5.74, 6) is 0.585. The molecule has 1 aromatic carbocycles. The van der Waals surface area contributed by atoms with Crippen LogP contribution in [-0.2, 0) is 11.8 Å². The molecule has 28 heavy (non-hydrogen) atoms. The molecule has 1 aliphatic heterocycles. The van der Waals surface area contributed by atoms with E-state index in [0.717, 1.165) is 11.1 Å². The zero-order valence-corrected chi connectivity index (χ0v) is 15.4. The molecule has 140 valence electrons. The summed E-state index contributed by atoms with van der Waals surface area (Å²) in [5, 5.41) is 9.39. The summed E-state index contributed by atoms with van der Waals surface area (Å²) < 4.78 is 7.47. The summed E-state index contributed by atoms with van der Waals surface area (Å²) in [6.45, 7) is 1.61. The largest absolute Gasteiger partial charge is 0.370 e. The van der Waals surface area contributed by atoms with Gasteiger partial charge in [0.25, 0.3) is 5.56 Å². The molecule has 4 rings (SSSR count). The Hall–Kier alpha value is -3.50. The maximum absolute atomic E-state index is 12.5. The van der Waals surface area contributed by atoms with Crippen LogP contribution in [0.4, 0.5) is 5.95 Å². The number of nitrogens with zero attached hydrogens (tertiary/aromatic N) is 5. The van der Waals surface area contributed by atoms with Crippen LogP contribution in [0.1, 0.15) is 17.2 Å². The highest BCUT2D eigenvalue weighted by Gasteiger charge is 2.26. The van der Waals surface area contributed by atoms with Gasteiger partial charge in [-0.15, -0.1) is 0 Å². The Morgan fingerprint density at radius 2 is 2.00 bits per heavy atom. The lowest BCUT2D eigenvalue weighted by atomic mass is 10.0. The first-order valence-electron chi connectivity index (χ1n) is 9.01. The fourth-order valence-electron chi connectivity index (χ4n) is 3.38. The van der Waals surface area contributed by atoms with Gasteiger partial charge < -0.3 is 9.64 Å². The summed E-state index contributed by atoms with van der Waals surface area (Å²) in [7, 11) is 1.72. The fraction of sp³-hybridized carbons (Fsp3) is 0.238. The molecule has 0 saturated carbocycles.